The number of sulfonamides is 1. The number of hydrogen-bond donors (Lipinski definition) is 1. The first-order valence-corrected chi connectivity index (χ1v) is 14.5. The van der Waals surface area contributed by atoms with E-state index in [4.69, 9.17) is 4.74 Å². The number of nitrogens with zero attached hydrogens (tertiary/aromatic N) is 2. The molecule has 1 fully saturated rings. The molecule has 0 radical (unpaired) electrons. The number of benzene rings is 2. The normalized spacial score (nSPS) is 22.2. The van der Waals surface area contributed by atoms with Crippen LogP contribution in [-0.4, -0.2) is 67.5 Å². The summed E-state index contributed by atoms with van der Waals surface area (Å²) in [5, 5.41) is 9.83. The maximum Gasteiger partial charge on any atom is 0.253 e. The van der Waals surface area contributed by atoms with Gasteiger partial charge in [0.05, 0.1) is 13.2 Å². The number of aliphatic hydroxyl groups excluding tert-OH is 1. The van der Waals surface area contributed by atoms with Crippen molar-refractivity contribution >= 4 is 15.9 Å². The van der Waals surface area contributed by atoms with E-state index >= 15 is 0 Å². The van der Waals surface area contributed by atoms with Gasteiger partial charge in [-0.15, -0.1) is 0 Å². The van der Waals surface area contributed by atoms with Crippen LogP contribution in [0.5, 0.6) is 5.75 Å². The van der Waals surface area contributed by atoms with Crippen LogP contribution < -0.4 is 4.74 Å². The van der Waals surface area contributed by atoms with Crippen LogP contribution in [0.1, 0.15) is 55.5 Å². The molecule has 9 heteroatoms. The second-order valence-corrected chi connectivity index (χ2v) is 12.2. The van der Waals surface area contributed by atoms with Gasteiger partial charge in [-0.25, -0.2) is 12.8 Å². The summed E-state index contributed by atoms with van der Waals surface area (Å²) in [5.74, 6) is 5.79. The van der Waals surface area contributed by atoms with Crippen LogP contribution in [0.25, 0.3) is 0 Å². The van der Waals surface area contributed by atoms with Gasteiger partial charge < -0.3 is 14.7 Å². The second-order valence-electron chi connectivity index (χ2n) is 10.3. The van der Waals surface area contributed by atoms with E-state index in [0.29, 0.717) is 11.5 Å². The van der Waals surface area contributed by atoms with E-state index in [1.165, 1.54) is 46.3 Å². The van der Waals surface area contributed by atoms with Gasteiger partial charge in [-0.3, -0.25) is 4.79 Å². The highest BCUT2D eigenvalue weighted by Gasteiger charge is 2.38. The van der Waals surface area contributed by atoms with Crippen LogP contribution in [0, 0.1) is 29.5 Å². The number of halogens is 1. The van der Waals surface area contributed by atoms with Gasteiger partial charge in [0.1, 0.15) is 22.6 Å². The molecule has 7 nitrogen and oxygen atoms in total. The number of likely N-dealkylation sites (N-methyl/N-ethyl adjacent to an activating group) is 1. The Balaban J connectivity index is 1.69. The standard InChI is InChI=1S/C29H35FN2O5S/c1-20-17-32(21(2)19-33)38(35,36)28-14-13-23(12-11-22-7-4-5-8-22)15-26(28)37-27(20)18-31(3)29(34)24-9-6-10-25(30)16-24/h6,9-10,13-16,20-22,27,33H,4-5,7-8,17-19H2,1-3H3/t20-,21-,27+/m0/s1. The van der Waals surface area contributed by atoms with Gasteiger partial charge in [0, 0.05) is 42.6 Å². The number of ether oxygens (including phenoxy) is 1. The molecule has 0 saturated heterocycles. The lowest BCUT2D eigenvalue weighted by molar-refractivity contribution is 0.0563. The highest BCUT2D eigenvalue weighted by Crippen LogP contribution is 2.34. The zero-order chi connectivity index (χ0) is 27.4. The summed E-state index contributed by atoms with van der Waals surface area (Å²) < 4.78 is 48.7. The Morgan fingerprint density at radius 3 is 2.66 bits per heavy atom. The predicted molar refractivity (Wildman–Crippen MR) is 143 cm³/mol. The van der Waals surface area contributed by atoms with E-state index in [0.717, 1.165) is 12.8 Å². The van der Waals surface area contributed by atoms with Crippen molar-refractivity contribution in [2.45, 2.75) is 56.6 Å². The number of aliphatic hydroxyl groups is 1. The Hall–Kier alpha value is -2.93. The molecule has 1 saturated carbocycles. The molecule has 0 spiro atoms. The molecule has 1 N–H and O–H groups in total. The smallest absolute Gasteiger partial charge is 0.253 e. The molecule has 1 heterocycles. The van der Waals surface area contributed by atoms with Crippen LogP contribution in [0.4, 0.5) is 4.39 Å². The van der Waals surface area contributed by atoms with Gasteiger partial charge in [0.25, 0.3) is 5.91 Å². The van der Waals surface area contributed by atoms with E-state index in [1.54, 1.807) is 32.2 Å². The summed E-state index contributed by atoms with van der Waals surface area (Å²) >= 11 is 0. The molecule has 0 unspecified atom stereocenters. The molecule has 0 aromatic heterocycles. The molecular weight excluding hydrogens is 507 g/mol. The average molecular weight is 543 g/mol. The van der Waals surface area contributed by atoms with Crippen LogP contribution in [0.2, 0.25) is 0 Å². The fourth-order valence-electron chi connectivity index (χ4n) is 4.97. The lowest BCUT2D eigenvalue weighted by atomic mass is 10.0. The van der Waals surface area contributed by atoms with Crippen LogP contribution in [0.15, 0.2) is 47.4 Å². The minimum atomic E-state index is -3.97. The van der Waals surface area contributed by atoms with Crippen molar-refractivity contribution in [3.8, 4) is 17.6 Å². The third-order valence-corrected chi connectivity index (χ3v) is 9.33. The predicted octanol–water partition coefficient (Wildman–Crippen LogP) is 3.91. The van der Waals surface area contributed by atoms with Gasteiger partial charge in [0.15, 0.2) is 0 Å². The Bertz CT molecular complexity index is 1330. The zero-order valence-electron chi connectivity index (χ0n) is 22.1. The highest BCUT2D eigenvalue weighted by atomic mass is 32.2. The molecule has 1 aliphatic heterocycles. The molecule has 204 valence electrons. The topological polar surface area (TPSA) is 87.2 Å². The number of carbonyl (C=O) groups excluding carboxylic acids is 1. The van der Waals surface area contributed by atoms with Crippen molar-refractivity contribution in [3.63, 3.8) is 0 Å². The van der Waals surface area contributed by atoms with Crippen molar-refractivity contribution in [2.75, 3.05) is 26.7 Å². The minimum absolute atomic E-state index is 0.000210. The van der Waals surface area contributed by atoms with E-state index in [1.807, 2.05) is 6.92 Å². The van der Waals surface area contributed by atoms with Gasteiger partial charge >= 0.3 is 0 Å². The lowest BCUT2D eigenvalue weighted by Gasteiger charge is -2.37. The minimum Gasteiger partial charge on any atom is -0.487 e. The van der Waals surface area contributed by atoms with Gasteiger partial charge in [-0.1, -0.05) is 37.7 Å². The molecule has 4 rings (SSSR count). The maximum absolute atomic E-state index is 13.7. The first-order chi connectivity index (χ1) is 18.1. The van der Waals surface area contributed by atoms with Crippen LogP contribution in [-0.2, 0) is 10.0 Å². The quantitative estimate of drug-likeness (QED) is 0.579. The van der Waals surface area contributed by atoms with E-state index in [9.17, 15) is 22.7 Å². The summed E-state index contributed by atoms with van der Waals surface area (Å²) in [6.07, 6.45) is 3.92. The largest absolute Gasteiger partial charge is 0.487 e. The number of fused-ring (bicyclic) bond motifs is 1. The van der Waals surface area contributed by atoms with Crippen molar-refractivity contribution in [2.24, 2.45) is 11.8 Å². The van der Waals surface area contributed by atoms with Crippen molar-refractivity contribution in [1.29, 1.82) is 0 Å². The number of hydrogen-bond acceptors (Lipinski definition) is 5. The first-order valence-electron chi connectivity index (χ1n) is 13.1. The third-order valence-electron chi connectivity index (χ3n) is 7.32. The van der Waals surface area contributed by atoms with Crippen LogP contribution in [0.3, 0.4) is 0 Å². The molecule has 2 aromatic rings. The van der Waals surface area contributed by atoms with E-state index in [2.05, 4.69) is 11.8 Å². The molecule has 3 atom stereocenters. The molecule has 0 bridgehead atoms. The summed E-state index contributed by atoms with van der Waals surface area (Å²) in [6.45, 7) is 3.42. The summed E-state index contributed by atoms with van der Waals surface area (Å²) in [6, 6.07) is 9.68. The second kappa shape index (κ2) is 11.9. The summed E-state index contributed by atoms with van der Waals surface area (Å²) in [4.78, 5) is 14.5. The van der Waals surface area contributed by atoms with Gasteiger partial charge in [0.2, 0.25) is 10.0 Å². The fourth-order valence-corrected chi connectivity index (χ4v) is 6.80. The Morgan fingerprint density at radius 1 is 1.24 bits per heavy atom. The third kappa shape index (κ3) is 6.20. The van der Waals surface area contributed by atoms with E-state index in [-0.39, 0.29) is 47.7 Å². The first kappa shape index (κ1) is 28.1. The van der Waals surface area contributed by atoms with Gasteiger partial charge in [-0.05, 0) is 56.2 Å². The number of carbonyl (C=O) groups is 1. The Morgan fingerprint density at radius 2 is 1.97 bits per heavy atom. The monoisotopic (exact) mass is 542 g/mol. The fraction of sp³-hybridized carbons (Fsp3) is 0.483. The lowest BCUT2D eigenvalue weighted by Crippen LogP contribution is -2.50. The molecule has 38 heavy (non-hydrogen) atoms. The van der Waals surface area contributed by atoms with Crippen molar-refractivity contribution in [3.05, 3.63) is 59.4 Å². The zero-order valence-corrected chi connectivity index (χ0v) is 22.9. The highest BCUT2D eigenvalue weighted by molar-refractivity contribution is 7.89. The molecule has 1 amide bonds. The molecule has 1 aliphatic carbocycles. The summed E-state index contributed by atoms with van der Waals surface area (Å²) in [5.41, 5.74) is 0.873. The Kier molecular flexibility index (Phi) is 8.76. The number of rotatable bonds is 5. The van der Waals surface area contributed by atoms with E-state index < -0.39 is 28.0 Å². The molecule has 2 aromatic carbocycles. The van der Waals surface area contributed by atoms with Crippen LogP contribution >= 0.6 is 0 Å². The Labute approximate surface area is 224 Å². The maximum atomic E-state index is 13.7. The molecule has 2 aliphatic rings. The SMILES string of the molecule is C[C@H]1CN([C@@H](C)CO)S(=O)(=O)c2ccc(C#CC3CCCC3)cc2O[C@@H]1CN(C)C(=O)c1cccc(F)c1. The average Bonchev–Trinajstić information content (AvgIpc) is 3.42. The summed E-state index contributed by atoms with van der Waals surface area (Å²) in [7, 11) is -2.36. The van der Waals surface area contributed by atoms with Crippen molar-refractivity contribution < 1.29 is 27.4 Å². The van der Waals surface area contributed by atoms with Crippen molar-refractivity contribution in [1.82, 2.24) is 9.21 Å². The number of amides is 1. The molecular formula is C29H35FN2O5S. The van der Waals surface area contributed by atoms with Gasteiger partial charge in [-0.2, -0.15) is 4.31 Å².